The second-order valence-electron chi connectivity index (χ2n) is 8.56. The van der Waals surface area contributed by atoms with Crippen LogP contribution in [0.15, 0.2) is 59.5 Å². The molecule has 1 aliphatic rings. The lowest BCUT2D eigenvalue weighted by molar-refractivity contribution is 0.181. The summed E-state index contributed by atoms with van der Waals surface area (Å²) in [5, 5.41) is -0.892. The van der Waals surface area contributed by atoms with Crippen LogP contribution in [0.5, 0.6) is 0 Å². The van der Waals surface area contributed by atoms with Crippen LogP contribution >= 0.6 is 0 Å². The molecule has 3 unspecified atom stereocenters. The predicted molar refractivity (Wildman–Crippen MR) is 125 cm³/mol. The highest BCUT2D eigenvalue weighted by molar-refractivity contribution is 7.92. The third-order valence-corrected chi connectivity index (χ3v) is 8.46. The SMILES string of the molecule is CCCCCCC(N1C(=O)N(C)C(C)C1c1ccccc1)S(=O)(=O)c1ccc(C)cc1. The van der Waals surface area contributed by atoms with E-state index >= 15 is 0 Å². The molecular formula is C25H34N2O3S. The molecule has 3 rings (SSSR count). The van der Waals surface area contributed by atoms with E-state index < -0.39 is 15.2 Å². The largest absolute Gasteiger partial charge is 0.323 e. The Labute approximate surface area is 187 Å². The number of carbonyl (C=O) groups is 1. The number of nitrogens with zero attached hydrogens (tertiary/aromatic N) is 2. The average Bonchev–Trinajstić information content (AvgIpc) is 2.98. The fraction of sp³-hybridized carbons (Fsp3) is 0.480. The van der Waals surface area contributed by atoms with E-state index in [1.165, 1.54) is 0 Å². The first-order chi connectivity index (χ1) is 14.8. The van der Waals surface area contributed by atoms with Crippen LogP contribution in [0.4, 0.5) is 4.79 Å². The summed E-state index contributed by atoms with van der Waals surface area (Å²) < 4.78 is 27.6. The molecule has 0 aliphatic carbocycles. The van der Waals surface area contributed by atoms with Crippen molar-refractivity contribution in [1.29, 1.82) is 0 Å². The first kappa shape index (κ1) is 23.3. The van der Waals surface area contributed by atoms with E-state index in [1.807, 2.05) is 56.3 Å². The summed E-state index contributed by atoms with van der Waals surface area (Å²) in [5.41, 5.74) is 1.97. The van der Waals surface area contributed by atoms with Gasteiger partial charge in [0.05, 0.1) is 17.0 Å². The van der Waals surface area contributed by atoms with Gasteiger partial charge in [-0.05, 0) is 38.0 Å². The van der Waals surface area contributed by atoms with Gasteiger partial charge in [0, 0.05) is 7.05 Å². The second kappa shape index (κ2) is 9.86. The summed E-state index contributed by atoms with van der Waals surface area (Å²) in [6, 6.07) is 16.1. The molecule has 0 N–H and O–H groups in total. The summed E-state index contributed by atoms with van der Waals surface area (Å²) in [6.07, 6.45) is 4.30. The highest BCUT2D eigenvalue weighted by atomic mass is 32.2. The average molecular weight is 443 g/mol. The third-order valence-electron chi connectivity index (χ3n) is 6.35. The molecular weight excluding hydrogens is 408 g/mol. The van der Waals surface area contributed by atoms with Crippen LogP contribution in [0.3, 0.4) is 0 Å². The molecule has 1 saturated heterocycles. The molecule has 6 heteroatoms. The summed E-state index contributed by atoms with van der Waals surface area (Å²) in [6.45, 7) is 6.06. The Morgan fingerprint density at radius 2 is 1.61 bits per heavy atom. The van der Waals surface area contributed by atoms with Crippen molar-refractivity contribution in [2.45, 2.75) is 75.2 Å². The van der Waals surface area contributed by atoms with Crippen LogP contribution in [-0.2, 0) is 9.84 Å². The normalized spacial score (nSPS) is 20.3. The van der Waals surface area contributed by atoms with Crippen LogP contribution in [0.25, 0.3) is 0 Å². The topological polar surface area (TPSA) is 57.7 Å². The maximum Gasteiger partial charge on any atom is 0.321 e. The Balaban J connectivity index is 2.05. The van der Waals surface area contributed by atoms with Gasteiger partial charge in [-0.1, -0.05) is 80.6 Å². The van der Waals surface area contributed by atoms with Gasteiger partial charge in [-0.3, -0.25) is 4.90 Å². The number of hydrogen-bond donors (Lipinski definition) is 0. The lowest BCUT2D eigenvalue weighted by Crippen LogP contribution is -2.44. The molecule has 0 bridgehead atoms. The van der Waals surface area contributed by atoms with Gasteiger partial charge in [-0.2, -0.15) is 0 Å². The van der Waals surface area contributed by atoms with E-state index in [2.05, 4.69) is 6.92 Å². The summed E-state index contributed by atoms with van der Waals surface area (Å²) in [4.78, 5) is 16.9. The van der Waals surface area contributed by atoms with E-state index in [9.17, 15) is 13.2 Å². The smallest absolute Gasteiger partial charge is 0.321 e. The molecule has 2 aromatic carbocycles. The van der Waals surface area contributed by atoms with Crippen molar-refractivity contribution in [3.8, 4) is 0 Å². The minimum absolute atomic E-state index is 0.124. The van der Waals surface area contributed by atoms with Crippen molar-refractivity contribution in [2.24, 2.45) is 0 Å². The molecule has 2 amide bonds. The summed E-state index contributed by atoms with van der Waals surface area (Å²) >= 11 is 0. The molecule has 3 atom stereocenters. The Morgan fingerprint density at radius 3 is 2.23 bits per heavy atom. The first-order valence-electron chi connectivity index (χ1n) is 11.2. The summed E-state index contributed by atoms with van der Waals surface area (Å²) in [5.74, 6) is 0. The van der Waals surface area contributed by atoms with Crippen LogP contribution < -0.4 is 0 Å². The number of unbranched alkanes of at least 4 members (excludes halogenated alkanes) is 3. The van der Waals surface area contributed by atoms with Crippen molar-refractivity contribution in [2.75, 3.05) is 7.05 Å². The number of urea groups is 1. The van der Waals surface area contributed by atoms with Crippen molar-refractivity contribution < 1.29 is 13.2 Å². The van der Waals surface area contributed by atoms with Gasteiger partial charge < -0.3 is 4.90 Å². The Hall–Kier alpha value is -2.34. The molecule has 31 heavy (non-hydrogen) atoms. The number of likely N-dealkylation sites (N-methyl/N-ethyl adjacent to an activating group) is 1. The molecule has 1 fully saturated rings. The van der Waals surface area contributed by atoms with Gasteiger partial charge in [-0.25, -0.2) is 13.2 Å². The molecule has 0 aromatic heterocycles. The highest BCUT2D eigenvalue weighted by Crippen LogP contribution is 2.39. The van der Waals surface area contributed by atoms with E-state index in [4.69, 9.17) is 0 Å². The monoisotopic (exact) mass is 442 g/mol. The Morgan fingerprint density at radius 1 is 0.968 bits per heavy atom. The molecule has 0 radical (unpaired) electrons. The lowest BCUT2D eigenvalue weighted by Gasteiger charge is -2.33. The van der Waals surface area contributed by atoms with E-state index in [0.717, 1.165) is 36.8 Å². The minimum Gasteiger partial charge on any atom is -0.323 e. The fourth-order valence-corrected chi connectivity index (χ4v) is 6.21. The molecule has 5 nitrogen and oxygen atoms in total. The van der Waals surface area contributed by atoms with E-state index in [0.29, 0.717) is 6.42 Å². The minimum atomic E-state index is -3.73. The van der Waals surface area contributed by atoms with Crippen LogP contribution in [0, 0.1) is 6.92 Å². The van der Waals surface area contributed by atoms with Crippen molar-refractivity contribution >= 4 is 15.9 Å². The Bertz CT molecular complexity index is 974. The van der Waals surface area contributed by atoms with Gasteiger partial charge >= 0.3 is 6.03 Å². The number of sulfone groups is 1. The van der Waals surface area contributed by atoms with E-state index in [-0.39, 0.29) is 23.0 Å². The van der Waals surface area contributed by atoms with Crippen LogP contribution in [0.1, 0.15) is 63.1 Å². The van der Waals surface area contributed by atoms with E-state index in [1.54, 1.807) is 29.0 Å². The maximum absolute atomic E-state index is 13.8. The molecule has 1 aliphatic heterocycles. The fourth-order valence-electron chi connectivity index (χ4n) is 4.39. The zero-order valence-corrected chi connectivity index (χ0v) is 19.8. The van der Waals surface area contributed by atoms with Gasteiger partial charge in [0.15, 0.2) is 9.84 Å². The van der Waals surface area contributed by atoms with Crippen LogP contribution in [-0.4, -0.2) is 42.7 Å². The number of benzene rings is 2. The first-order valence-corrected chi connectivity index (χ1v) is 12.7. The molecule has 2 aromatic rings. The zero-order valence-electron chi connectivity index (χ0n) is 19.0. The Kier molecular flexibility index (Phi) is 7.42. The predicted octanol–water partition coefficient (Wildman–Crippen LogP) is 5.56. The highest BCUT2D eigenvalue weighted by Gasteiger charge is 2.49. The summed E-state index contributed by atoms with van der Waals surface area (Å²) in [7, 11) is -1.97. The molecule has 0 spiro atoms. The molecule has 1 heterocycles. The maximum atomic E-state index is 13.8. The number of amides is 2. The van der Waals surface area contributed by atoms with Crippen molar-refractivity contribution in [3.63, 3.8) is 0 Å². The standard InChI is InChI=1S/C25H34N2O3S/c1-5-6-7-11-14-23(31(29,30)22-17-15-19(2)16-18-22)27-24(20(3)26(4)25(27)28)21-12-9-8-10-13-21/h8-10,12-13,15-18,20,23-24H,5-7,11,14H2,1-4H3. The van der Waals surface area contributed by atoms with Gasteiger partial charge in [0.2, 0.25) is 0 Å². The van der Waals surface area contributed by atoms with Crippen molar-refractivity contribution in [1.82, 2.24) is 9.80 Å². The van der Waals surface area contributed by atoms with Gasteiger partial charge in [0.1, 0.15) is 5.37 Å². The van der Waals surface area contributed by atoms with Gasteiger partial charge in [-0.15, -0.1) is 0 Å². The lowest BCUT2D eigenvalue weighted by atomic mass is 10.00. The number of aryl methyl sites for hydroxylation is 1. The second-order valence-corrected chi connectivity index (χ2v) is 10.7. The third kappa shape index (κ3) is 4.79. The quantitative estimate of drug-likeness (QED) is 0.478. The zero-order chi connectivity index (χ0) is 22.6. The molecule has 168 valence electrons. The number of hydrogen-bond acceptors (Lipinski definition) is 3. The number of rotatable bonds is 9. The van der Waals surface area contributed by atoms with Crippen LogP contribution in [0.2, 0.25) is 0 Å². The number of carbonyl (C=O) groups excluding carboxylic acids is 1. The van der Waals surface area contributed by atoms with Crippen molar-refractivity contribution in [3.05, 3.63) is 65.7 Å². The van der Waals surface area contributed by atoms with Gasteiger partial charge in [0.25, 0.3) is 0 Å². The molecule has 0 saturated carbocycles.